The quantitative estimate of drug-likeness (QED) is 0.489. The number of piperidine rings is 1. The maximum Gasteiger partial charge on any atom is 0.407 e. The fourth-order valence-electron chi connectivity index (χ4n) is 5.29. The molecule has 0 spiro atoms. The summed E-state index contributed by atoms with van der Waals surface area (Å²) in [5, 5.41) is 7.33. The third-order valence-corrected chi connectivity index (χ3v) is 7.18. The number of benzene rings is 3. The zero-order chi connectivity index (χ0) is 22.6. The molecule has 2 N–H and O–H groups in total. The van der Waals surface area contributed by atoms with Gasteiger partial charge in [-0.3, -0.25) is 0 Å². The Labute approximate surface area is 200 Å². The molecular formula is C28H29ClN2O2. The van der Waals surface area contributed by atoms with Crippen molar-refractivity contribution < 1.29 is 9.53 Å². The molecule has 0 saturated carbocycles. The number of rotatable bonds is 6. The fourth-order valence-corrected chi connectivity index (χ4v) is 5.50. The molecule has 1 fully saturated rings. The lowest BCUT2D eigenvalue weighted by molar-refractivity contribution is 0.132. The largest absolute Gasteiger partial charge is 0.449 e. The summed E-state index contributed by atoms with van der Waals surface area (Å²) in [5.74, 6) is 0.471. The van der Waals surface area contributed by atoms with Crippen LogP contribution in [0.25, 0.3) is 11.1 Å². The molecule has 0 aromatic heterocycles. The van der Waals surface area contributed by atoms with Gasteiger partial charge in [-0.1, -0.05) is 72.3 Å². The van der Waals surface area contributed by atoms with Crippen LogP contribution in [-0.4, -0.2) is 31.8 Å². The first-order chi connectivity index (χ1) is 16.2. The van der Waals surface area contributed by atoms with Crippen LogP contribution in [0, 0.1) is 5.92 Å². The van der Waals surface area contributed by atoms with Gasteiger partial charge >= 0.3 is 6.09 Å². The number of ether oxygens (including phenoxy) is 1. The van der Waals surface area contributed by atoms with Gasteiger partial charge in [-0.2, -0.15) is 0 Å². The Morgan fingerprint density at radius 2 is 1.64 bits per heavy atom. The Kier molecular flexibility index (Phi) is 6.65. The summed E-state index contributed by atoms with van der Waals surface area (Å²) in [5.41, 5.74) is 6.04. The second-order valence-corrected chi connectivity index (χ2v) is 9.43. The summed E-state index contributed by atoms with van der Waals surface area (Å²) >= 11 is 6.20. The number of carbonyl (C=O) groups is 1. The molecular weight excluding hydrogens is 432 g/mol. The van der Waals surface area contributed by atoms with Crippen molar-refractivity contribution in [1.29, 1.82) is 0 Å². The van der Waals surface area contributed by atoms with Gasteiger partial charge < -0.3 is 15.4 Å². The van der Waals surface area contributed by atoms with E-state index in [1.807, 2.05) is 18.2 Å². The average Bonchev–Trinajstić information content (AvgIpc) is 3.17. The minimum absolute atomic E-state index is 0.0150. The highest BCUT2D eigenvalue weighted by Gasteiger charge is 2.30. The lowest BCUT2D eigenvalue weighted by atomic mass is 9.86. The van der Waals surface area contributed by atoms with Crippen molar-refractivity contribution in [3.8, 4) is 11.1 Å². The number of hydrogen-bond acceptors (Lipinski definition) is 3. The lowest BCUT2D eigenvalue weighted by Gasteiger charge is -2.31. The Hall–Kier alpha value is -2.82. The van der Waals surface area contributed by atoms with Crippen LogP contribution in [0.5, 0.6) is 0 Å². The molecule has 1 unspecified atom stereocenters. The van der Waals surface area contributed by atoms with E-state index in [2.05, 4.69) is 65.2 Å². The Bertz CT molecular complexity index is 1080. The van der Waals surface area contributed by atoms with Gasteiger partial charge in [0.25, 0.3) is 0 Å². The van der Waals surface area contributed by atoms with Crippen LogP contribution >= 0.6 is 11.6 Å². The second-order valence-electron chi connectivity index (χ2n) is 9.00. The molecule has 5 heteroatoms. The van der Waals surface area contributed by atoms with Crippen molar-refractivity contribution in [3.05, 3.63) is 94.5 Å². The average molecular weight is 461 g/mol. The highest BCUT2D eigenvalue weighted by Crippen LogP contribution is 2.44. The van der Waals surface area contributed by atoms with Gasteiger partial charge in [-0.25, -0.2) is 4.79 Å². The maximum atomic E-state index is 13.0. The topological polar surface area (TPSA) is 50.4 Å². The molecule has 4 nitrogen and oxygen atoms in total. The molecule has 170 valence electrons. The molecule has 3 aromatic carbocycles. The minimum atomic E-state index is -0.345. The summed E-state index contributed by atoms with van der Waals surface area (Å²) in [6, 6.07) is 24.7. The summed E-state index contributed by atoms with van der Waals surface area (Å²) in [4.78, 5) is 13.0. The third kappa shape index (κ3) is 4.92. The van der Waals surface area contributed by atoms with E-state index < -0.39 is 0 Å². The van der Waals surface area contributed by atoms with Gasteiger partial charge in [0.2, 0.25) is 0 Å². The number of carbonyl (C=O) groups excluding carboxylic acids is 1. The fraction of sp³-hybridized carbons (Fsp3) is 0.321. The molecule has 1 atom stereocenters. The van der Waals surface area contributed by atoms with Crippen LogP contribution in [0.1, 0.15) is 35.4 Å². The Morgan fingerprint density at radius 3 is 2.30 bits per heavy atom. The van der Waals surface area contributed by atoms with Crippen LogP contribution in [0.2, 0.25) is 5.02 Å². The highest BCUT2D eigenvalue weighted by molar-refractivity contribution is 6.30. The predicted molar refractivity (Wildman–Crippen MR) is 133 cm³/mol. The zero-order valence-corrected chi connectivity index (χ0v) is 19.4. The number of halogens is 1. The summed E-state index contributed by atoms with van der Waals surface area (Å²) in [7, 11) is 0. The number of alkyl carbamates (subject to hydrolysis) is 1. The van der Waals surface area contributed by atoms with E-state index in [1.165, 1.54) is 22.3 Å². The van der Waals surface area contributed by atoms with Crippen LogP contribution in [0.15, 0.2) is 72.8 Å². The van der Waals surface area contributed by atoms with E-state index in [-0.39, 0.29) is 18.1 Å². The molecule has 33 heavy (non-hydrogen) atoms. The van der Waals surface area contributed by atoms with Gasteiger partial charge in [0.1, 0.15) is 6.61 Å². The predicted octanol–water partition coefficient (Wildman–Crippen LogP) is 5.79. The molecule has 1 aliphatic carbocycles. The summed E-state index contributed by atoms with van der Waals surface area (Å²) in [6.07, 6.45) is 2.47. The van der Waals surface area contributed by atoms with Crippen LogP contribution < -0.4 is 10.6 Å². The first-order valence-corrected chi connectivity index (χ1v) is 12.1. The monoisotopic (exact) mass is 460 g/mol. The van der Waals surface area contributed by atoms with Crippen molar-refractivity contribution in [1.82, 2.24) is 10.6 Å². The number of fused-ring (bicyclic) bond motifs is 3. The lowest BCUT2D eigenvalue weighted by Crippen LogP contribution is -2.46. The Balaban J connectivity index is 1.28. The summed E-state index contributed by atoms with van der Waals surface area (Å²) in [6.45, 7) is 2.28. The molecule has 3 aromatic rings. The SMILES string of the molecule is O=C(NC(Cc1cccc(Cl)c1)C1CCNCC1)OCC1c2ccccc2-c2ccccc21. The minimum Gasteiger partial charge on any atom is -0.449 e. The van der Waals surface area contributed by atoms with Crippen LogP contribution in [0.4, 0.5) is 4.79 Å². The molecule has 0 bridgehead atoms. The Morgan fingerprint density at radius 1 is 0.970 bits per heavy atom. The van der Waals surface area contributed by atoms with Gasteiger partial charge in [-0.15, -0.1) is 0 Å². The molecule has 0 radical (unpaired) electrons. The zero-order valence-electron chi connectivity index (χ0n) is 18.6. The molecule has 1 heterocycles. The van der Waals surface area contributed by atoms with Crippen molar-refractivity contribution in [2.75, 3.05) is 19.7 Å². The number of amides is 1. The van der Waals surface area contributed by atoms with Crippen LogP contribution in [-0.2, 0) is 11.2 Å². The van der Waals surface area contributed by atoms with Gasteiger partial charge in [-0.05, 0) is 78.2 Å². The number of hydrogen-bond donors (Lipinski definition) is 2. The van der Waals surface area contributed by atoms with E-state index in [0.717, 1.165) is 42.9 Å². The molecule has 1 aliphatic heterocycles. The van der Waals surface area contributed by atoms with Crippen molar-refractivity contribution in [3.63, 3.8) is 0 Å². The summed E-state index contributed by atoms with van der Waals surface area (Å²) < 4.78 is 5.83. The number of nitrogens with one attached hydrogen (secondary N) is 2. The van der Waals surface area contributed by atoms with Gasteiger partial charge in [0.15, 0.2) is 0 Å². The molecule has 1 amide bonds. The molecule has 5 rings (SSSR count). The van der Waals surface area contributed by atoms with Crippen molar-refractivity contribution in [2.24, 2.45) is 5.92 Å². The first-order valence-electron chi connectivity index (χ1n) is 11.8. The van der Waals surface area contributed by atoms with E-state index in [0.29, 0.717) is 12.5 Å². The third-order valence-electron chi connectivity index (χ3n) is 6.94. The van der Waals surface area contributed by atoms with Gasteiger partial charge in [0, 0.05) is 17.0 Å². The smallest absolute Gasteiger partial charge is 0.407 e. The maximum absolute atomic E-state index is 13.0. The van der Waals surface area contributed by atoms with Gasteiger partial charge in [0.05, 0.1) is 0 Å². The van der Waals surface area contributed by atoms with E-state index in [1.54, 1.807) is 0 Å². The highest BCUT2D eigenvalue weighted by atomic mass is 35.5. The molecule has 2 aliphatic rings. The van der Waals surface area contributed by atoms with E-state index >= 15 is 0 Å². The van der Waals surface area contributed by atoms with Crippen molar-refractivity contribution >= 4 is 17.7 Å². The van der Waals surface area contributed by atoms with E-state index in [9.17, 15) is 4.79 Å². The standard InChI is InChI=1S/C28H29ClN2O2/c29-21-7-5-6-19(16-21)17-27(20-12-14-30-15-13-20)31-28(32)33-18-26-24-10-3-1-8-22(24)23-9-2-4-11-25(23)26/h1-11,16,20,26-27,30H,12-15,17-18H2,(H,31,32). The normalized spacial score (nSPS) is 16.6. The van der Waals surface area contributed by atoms with E-state index in [4.69, 9.17) is 16.3 Å². The second kappa shape index (κ2) is 9.98. The molecule has 1 saturated heterocycles. The first kappa shape index (κ1) is 22.0. The van der Waals surface area contributed by atoms with Crippen LogP contribution in [0.3, 0.4) is 0 Å². The van der Waals surface area contributed by atoms with Crippen molar-refractivity contribution in [2.45, 2.75) is 31.2 Å².